The molecule has 0 bridgehead atoms. The van der Waals surface area contributed by atoms with Crippen molar-refractivity contribution >= 4 is 5.95 Å². The van der Waals surface area contributed by atoms with Crippen LogP contribution in [0.1, 0.15) is 24.0 Å². The first-order valence-corrected chi connectivity index (χ1v) is 7.06. The van der Waals surface area contributed by atoms with Crippen molar-refractivity contribution in [3.8, 4) is 0 Å². The summed E-state index contributed by atoms with van der Waals surface area (Å²) in [5.41, 5.74) is 2.21. The number of hydrogen-bond acceptors (Lipinski definition) is 5. The highest BCUT2D eigenvalue weighted by Gasteiger charge is 2.19. The Morgan fingerprint density at radius 3 is 3.00 bits per heavy atom. The van der Waals surface area contributed by atoms with Gasteiger partial charge < -0.3 is 14.8 Å². The fraction of sp³-hybridized carbons (Fsp3) is 0.500. The predicted octanol–water partition coefficient (Wildman–Crippen LogP) is 1.11. The summed E-state index contributed by atoms with van der Waals surface area (Å²) in [5.74, 6) is 1.88. The molecule has 0 radical (unpaired) electrons. The number of fused-ring (bicyclic) bond motifs is 1. The molecule has 6 nitrogen and oxygen atoms in total. The third-order valence-corrected chi connectivity index (χ3v) is 3.66. The first-order chi connectivity index (χ1) is 9.78. The van der Waals surface area contributed by atoms with Crippen LogP contribution in [0.3, 0.4) is 0 Å². The van der Waals surface area contributed by atoms with Crippen molar-refractivity contribution in [3.05, 3.63) is 35.7 Å². The van der Waals surface area contributed by atoms with E-state index in [1.807, 2.05) is 25.5 Å². The molecule has 0 aliphatic carbocycles. The molecule has 1 aliphatic heterocycles. The molecule has 0 fully saturated rings. The van der Waals surface area contributed by atoms with Crippen LogP contribution in [0.25, 0.3) is 0 Å². The van der Waals surface area contributed by atoms with Gasteiger partial charge in [-0.3, -0.25) is 0 Å². The zero-order chi connectivity index (χ0) is 13.9. The number of nitrogens with zero attached hydrogens (tertiary/aromatic N) is 5. The first-order valence-electron chi connectivity index (χ1n) is 7.06. The topological polar surface area (TPSA) is 58.9 Å². The average molecular weight is 272 g/mol. The normalized spacial score (nSPS) is 14.4. The van der Waals surface area contributed by atoms with E-state index in [1.54, 1.807) is 0 Å². The molecule has 2 aromatic heterocycles. The maximum atomic E-state index is 4.64. The van der Waals surface area contributed by atoms with Crippen LogP contribution in [-0.4, -0.2) is 32.6 Å². The molecule has 0 saturated heterocycles. The van der Waals surface area contributed by atoms with E-state index >= 15 is 0 Å². The fourth-order valence-electron chi connectivity index (χ4n) is 2.41. The van der Waals surface area contributed by atoms with Gasteiger partial charge in [-0.15, -0.1) is 0 Å². The quantitative estimate of drug-likeness (QED) is 0.903. The van der Waals surface area contributed by atoms with Crippen molar-refractivity contribution in [3.63, 3.8) is 0 Å². The SMILES string of the molecule is CCNCc1cnc(N2CCn3ccnc3C2)nc1C. The number of imidazole rings is 1. The van der Waals surface area contributed by atoms with Crippen LogP contribution >= 0.6 is 0 Å². The van der Waals surface area contributed by atoms with Gasteiger partial charge in [0, 0.05) is 49.5 Å². The van der Waals surface area contributed by atoms with Gasteiger partial charge >= 0.3 is 0 Å². The summed E-state index contributed by atoms with van der Waals surface area (Å²) >= 11 is 0. The Morgan fingerprint density at radius 2 is 2.20 bits per heavy atom. The van der Waals surface area contributed by atoms with Crippen molar-refractivity contribution in [2.24, 2.45) is 0 Å². The van der Waals surface area contributed by atoms with Gasteiger partial charge in [0.05, 0.1) is 6.54 Å². The van der Waals surface area contributed by atoms with Gasteiger partial charge in [-0.25, -0.2) is 15.0 Å². The molecule has 0 aromatic carbocycles. The summed E-state index contributed by atoms with van der Waals surface area (Å²) in [4.78, 5) is 15.7. The van der Waals surface area contributed by atoms with E-state index in [0.29, 0.717) is 0 Å². The molecule has 6 heteroatoms. The van der Waals surface area contributed by atoms with E-state index in [1.165, 1.54) is 0 Å². The molecule has 0 atom stereocenters. The largest absolute Gasteiger partial charge is 0.332 e. The highest BCUT2D eigenvalue weighted by Crippen LogP contribution is 2.17. The third-order valence-electron chi connectivity index (χ3n) is 3.66. The van der Waals surface area contributed by atoms with Crippen molar-refractivity contribution in [2.75, 3.05) is 18.0 Å². The third kappa shape index (κ3) is 2.51. The molecule has 0 unspecified atom stereocenters. The van der Waals surface area contributed by atoms with E-state index in [-0.39, 0.29) is 0 Å². The van der Waals surface area contributed by atoms with Gasteiger partial charge in [0.15, 0.2) is 0 Å². The van der Waals surface area contributed by atoms with E-state index in [4.69, 9.17) is 0 Å². The van der Waals surface area contributed by atoms with Crippen LogP contribution < -0.4 is 10.2 Å². The molecule has 0 saturated carbocycles. The second kappa shape index (κ2) is 5.58. The Bertz CT molecular complexity index is 591. The molecule has 20 heavy (non-hydrogen) atoms. The van der Waals surface area contributed by atoms with Gasteiger partial charge in [-0.1, -0.05) is 6.92 Å². The van der Waals surface area contributed by atoms with Crippen molar-refractivity contribution in [1.82, 2.24) is 24.8 Å². The Balaban J connectivity index is 1.76. The smallest absolute Gasteiger partial charge is 0.225 e. The molecular weight excluding hydrogens is 252 g/mol. The van der Waals surface area contributed by atoms with E-state index < -0.39 is 0 Å². The van der Waals surface area contributed by atoms with Crippen LogP contribution in [0.2, 0.25) is 0 Å². The minimum absolute atomic E-state index is 0.777. The fourth-order valence-corrected chi connectivity index (χ4v) is 2.41. The predicted molar refractivity (Wildman–Crippen MR) is 77.4 cm³/mol. The van der Waals surface area contributed by atoms with Gasteiger partial charge in [0.25, 0.3) is 0 Å². The van der Waals surface area contributed by atoms with E-state index in [0.717, 1.165) is 55.8 Å². The summed E-state index contributed by atoms with van der Waals surface area (Å²) in [6.07, 6.45) is 5.81. The lowest BCUT2D eigenvalue weighted by molar-refractivity contribution is 0.550. The zero-order valence-electron chi connectivity index (χ0n) is 12.0. The highest BCUT2D eigenvalue weighted by molar-refractivity contribution is 5.34. The summed E-state index contributed by atoms with van der Waals surface area (Å²) in [5, 5.41) is 3.31. The van der Waals surface area contributed by atoms with Crippen LogP contribution in [0.5, 0.6) is 0 Å². The van der Waals surface area contributed by atoms with E-state index in [2.05, 4.69) is 36.7 Å². The Morgan fingerprint density at radius 1 is 1.30 bits per heavy atom. The van der Waals surface area contributed by atoms with Crippen LogP contribution in [0.15, 0.2) is 18.6 Å². The van der Waals surface area contributed by atoms with Crippen molar-refractivity contribution < 1.29 is 0 Å². The Labute approximate surface area is 118 Å². The van der Waals surface area contributed by atoms with Gasteiger partial charge in [0.2, 0.25) is 5.95 Å². The summed E-state index contributed by atoms with van der Waals surface area (Å²) in [6.45, 7) is 8.57. The minimum Gasteiger partial charge on any atom is -0.332 e. The molecule has 1 N–H and O–H groups in total. The molecule has 106 valence electrons. The molecule has 0 amide bonds. The van der Waals surface area contributed by atoms with Gasteiger partial charge in [-0.2, -0.15) is 0 Å². The highest BCUT2D eigenvalue weighted by atomic mass is 15.3. The lowest BCUT2D eigenvalue weighted by Gasteiger charge is -2.28. The Hall–Kier alpha value is -1.95. The molecule has 1 aliphatic rings. The lowest BCUT2D eigenvalue weighted by atomic mass is 10.2. The van der Waals surface area contributed by atoms with Crippen LogP contribution in [-0.2, 0) is 19.6 Å². The molecule has 3 rings (SSSR count). The van der Waals surface area contributed by atoms with Gasteiger partial charge in [-0.05, 0) is 13.5 Å². The van der Waals surface area contributed by atoms with Crippen LogP contribution in [0, 0.1) is 6.92 Å². The monoisotopic (exact) mass is 272 g/mol. The molecule has 3 heterocycles. The average Bonchev–Trinajstić information content (AvgIpc) is 2.93. The number of aromatic nitrogens is 4. The maximum Gasteiger partial charge on any atom is 0.225 e. The van der Waals surface area contributed by atoms with Crippen molar-refractivity contribution in [1.29, 1.82) is 0 Å². The number of nitrogens with one attached hydrogen (secondary N) is 1. The lowest BCUT2D eigenvalue weighted by Crippen LogP contribution is -2.35. The summed E-state index contributed by atoms with van der Waals surface area (Å²) in [7, 11) is 0. The second-order valence-corrected chi connectivity index (χ2v) is 5.02. The second-order valence-electron chi connectivity index (χ2n) is 5.02. The van der Waals surface area contributed by atoms with Crippen LogP contribution in [0.4, 0.5) is 5.95 Å². The molecule has 2 aromatic rings. The maximum absolute atomic E-state index is 4.64. The first kappa shape index (κ1) is 13.1. The van der Waals surface area contributed by atoms with Gasteiger partial charge in [0.1, 0.15) is 5.82 Å². The van der Waals surface area contributed by atoms with E-state index in [9.17, 15) is 0 Å². The number of rotatable bonds is 4. The number of hydrogen-bond donors (Lipinski definition) is 1. The number of anilines is 1. The summed E-state index contributed by atoms with van der Waals surface area (Å²) < 4.78 is 2.18. The minimum atomic E-state index is 0.777. The zero-order valence-corrected chi connectivity index (χ0v) is 12.0. The van der Waals surface area contributed by atoms with Crippen molar-refractivity contribution in [2.45, 2.75) is 33.5 Å². The number of aryl methyl sites for hydroxylation is 1. The molecular formula is C14H20N6. The molecule has 0 spiro atoms. The summed E-state index contributed by atoms with van der Waals surface area (Å²) in [6, 6.07) is 0. The standard InChI is InChI=1S/C14H20N6/c1-3-15-8-12-9-17-14(18-11(12)2)20-7-6-19-5-4-16-13(19)10-20/h4-5,9,15H,3,6-8,10H2,1-2H3. The Kier molecular flexibility index (Phi) is 3.64.